The van der Waals surface area contributed by atoms with E-state index >= 15 is 0 Å². The van der Waals surface area contributed by atoms with Gasteiger partial charge in [0.15, 0.2) is 0 Å². The summed E-state index contributed by atoms with van der Waals surface area (Å²) >= 11 is 0. The number of aromatic nitrogens is 2. The van der Waals surface area contributed by atoms with Crippen molar-refractivity contribution in [3.8, 4) is 29.4 Å². The summed E-state index contributed by atoms with van der Waals surface area (Å²) in [5.74, 6) is 12.5. The van der Waals surface area contributed by atoms with E-state index in [0.717, 1.165) is 11.1 Å². The Morgan fingerprint density at radius 2 is 1.21 bits per heavy atom. The third kappa shape index (κ3) is 5.77. The van der Waals surface area contributed by atoms with Gasteiger partial charge in [-0.1, -0.05) is 23.7 Å². The van der Waals surface area contributed by atoms with Gasteiger partial charge in [0.2, 0.25) is 6.29 Å². The minimum absolute atomic E-state index is 0.282. The first-order valence-corrected chi connectivity index (χ1v) is 10.5. The van der Waals surface area contributed by atoms with E-state index in [-0.39, 0.29) is 5.75 Å². The molecule has 8 heteroatoms. The molecule has 34 heavy (non-hydrogen) atoms. The SMILES string of the molecule is OC[C@H]1O[C@H](Oc2cc(C#Cc3ccncc3)cc(C#Cc3ccncc3)c2)[C@@H](O)[C@@H](O)[C@@H]1O. The molecular weight excluding hydrogens is 436 g/mol. The zero-order valence-electron chi connectivity index (χ0n) is 17.9. The molecule has 0 saturated carbocycles. The van der Waals surface area contributed by atoms with Gasteiger partial charge in [-0.05, 0) is 42.5 Å². The predicted molar refractivity (Wildman–Crippen MR) is 121 cm³/mol. The van der Waals surface area contributed by atoms with Crippen molar-refractivity contribution in [2.75, 3.05) is 6.61 Å². The van der Waals surface area contributed by atoms with E-state index < -0.39 is 37.3 Å². The number of ether oxygens (including phenoxy) is 2. The molecule has 3 heterocycles. The summed E-state index contributed by atoms with van der Waals surface area (Å²) in [6.45, 7) is -0.551. The molecule has 0 spiro atoms. The molecule has 0 bridgehead atoms. The normalized spacial score (nSPS) is 23.7. The molecule has 0 aliphatic carbocycles. The minimum Gasteiger partial charge on any atom is -0.462 e. The molecule has 1 fully saturated rings. The van der Waals surface area contributed by atoms with Crippen molar-refractivity contribution in [3.05, 3.63) is 89.5 Å². The van der Waals surface area contributed by atoms with Crippen molar-refractivity contribution in [2.24, 2.45) is 0 Å². The molecule has 0 unspecified atom stereocenters. The van der Waals surface area contributed by atoms with Crippen molar-refractivity contribution in [1.82, 2.24) is 9.97 Å². The van der Waals surface area contributed by atoms with Gasteiger partial charge in [-0.2, -0.15) is 0 Å². The van der Waals surface area contributed by atoms with Crippen LogP contribution < -0.4 is 4.74 Å². The molecule has 1 saturated heterocycles. The van der Waals surface area contributed by atoms with Crippen LogP contribution in [0.15, 0.2) is 67.3 Å². The number of pyridine rings is 2. The van der Waals surface area contributed by atoms with Crippen LogP contribution in [0.2, 0.25) is 0 Å². The Balaban J connectivity index is 1.65. The number of hydrogen-bond acceptors (Lipinski definition) is 8. The number of rotatable bonds is 3. The predicted octanol–water partition coefficient (Wildman–Crippen LogP) is 0.455. The van der Waals surface area contributed by atoms with E-state index in [9.17, 15) is 20.4 Å². The van der Waals surface area contributed by atoms with Crippen molar-refractivity contribution >= 4 is 0 Å². The van der Waals surface area contributed by atoms with Crippen molar-refractivity contribution < 1.29 is 29.9 Å². The Labute approximate surface area is 196 Å². The summed E-state index contributed by atoms with van der Waals surface area (Å²) in [5, 5.41) is 39.8. The summed E-state index contributed by atoms with van der Waals surface area (Å²) < 4.78 is 11.2. The molecule has 3 aromatic rings. The standard InChI is InChI=1S/C26H22N2O6/c29-16-22-23(30)24(31)25(32)26(34-22)33-21-14-19(3-1-17-5-9-27-10-6-17)13-20(15-21)4-2-18-7-11-28-12-8-18/h5-15,22-26,29-32H,16H2/t22-,23-,24+,25+,26+/m1/s1. The summed E-state index contributed by atoms with van der Waals surface area (Å²) in [7, 11) is 0. The Kier molecular flexibility index (Phi) is 7.51. The van der Waals surface area contributed by atoms with Crippen molar-refractivity contribution in [2.45, 2.75) is 30.7 Å². The van der Waals surface area contributed by atoms with Gasteiger partial charge in [0.25, 0.3) is 0 Å². The maximum absolute atomic E-state index is 10.3. The molecule has 172 valence electrons. The minimum atomic E-state index is -1.54. The first kappa shape index (κ1) is 23.4. The Hall–Kier alpha value is -3.76. The largest absolute Gasteiger partial charge is 0.462 e. The van der Waals surface area contributed by atoms with E-state index in [1.165, 1.54) is 0 Å². The second-order valence-electron chi connectivity index (χ2n) is 7.53. The highest BCUT2D eigenvalue weighted by molar-refractivity contribution is 5.52. The monoisotopic (exact) mass is 458 g/mol. The van der Waals surface area contributed by atoms with Gasteiger partial charge >= 0.3 is 0 Å². The number of aliphatic hydroxyl groups is 4. The van der Waals surface area contributed by atoms with Crippen molar-refractivity contribution in [3.63, 3.8) is 0 Å². The van der Waals surface area contributed by atoms with Gasteiger partial charge in [-0.15, -0.1) is 0 Å². The molecule has 1 aliphatic heterocycles. The van der Waals surface area contributed by atoms with Crippen LogP contribution >= 0.6 is 0 Å². The fourth-order valence-electron chi connectivity index (χ4n) is 3.27. The zero-order chi connectivity index (χ0) is 23.9. The van der Waals surface area contributed by atoms with Gasteiger partial charge in [-0.25, -0.2) is 0 Å². The number of hydrogen-bond donors (Lipinski definition) is 4. The highest BCUT2D eigenvalue weighted by Crippen LogP contribution is 2.25. The molecule has 1 aliphatic rings. The Bertz CT molecular complexity index is 1150. The van der Waals surface area contributed by atoms with Crippen LogP contribution in [0.25, 0.3) is 0 Å². The lowest BCUT2D eigenvalue weighted by molar-refractivity contribution is -0.277. The highest BCUT2D eigenvalue weighted by atomic mass is 16.7. The summed E-state index contributed by atoms with van der Waals surface area (Å²) in [4.78, 5) is 7.95. The zero-order valence-corrected chi connectivity index (χ0v) is 17.9. The Morgan fingerprint density at radius 3 is 1.71 bits per heavy atom. The van der Waals surface area contributed by atoms with E-state index in [4.69, 9.17) is 9.47 Å². The van der Waals surface area contributed by atoms with Crippen LogP contribution in [0.3, 0.4) is 0 Å². The lowest BCUT2D eigenvalue weighted by Crippen LogP contribution is -2.60. The summed E-state index contributed by atoms with van der Waals surface area (Å²) in [6, 6.07) is 12.2. The molecule has 1 aromatic carbocycles. The fraction of sp³-hybridized carbons (Fsp3) is 0.231. The lowest BCUT2D eigenvalue weighted by Gasteiger charge is -2.39. The maximum atomic E-state index is 10.3. The first-order valence-electron chi connectivity index (χ1n) is 10.5. The number of aliphatic hydroxyl groups excluding tert-OH is 4. The highest BCUT2D eigenvalue weighted by Gasteiger charge is 2.44. The van der Waals surface area contributed by atoms with E-state index in [1.54, 1.807) is 67.3 Å². The molecule has 0 amide bonds. The summed E-state index contributed by atoms with van der Waals surface area (Å²) in [5.41, 5.74) is 2.75. The molecular formula is C26H22N2O6. The second-order valence-corrected chi connectivity index (χ2v) is 7.53. The average molecular weight is 458 g/mol. The van der Waals surface area contributed by atoms with Crippen LogP contribution in [0.5, 0.6) is 5.75 Å². The third-order valence-electron chi connectivity index (χ3n) is 5.07. The van der Waals surface area contributed by atoms with Gasteiger partial charge in [0.05, 0.1) is 6.61 Å². The van der Waals surface area contributed by atoms with Gasteiger partial charge in [0.1, 0.15) is 30.2 Å². The lowest BCUT2D eigenvalue weighted by atomic mass is 9.99. The molecule has 2 aromatic heterocycles. The fourth-order valence-corrected chi connectivity index (χ4v) is 3.27. The third-order valence-corrected chi connectivity index (χ3v) is 5.07. The van der Waals surface area contributed by atoms with Crippen LogP contribution in [0.1, 0.15) is 22.3 Å². The second kappa shape index (κ2) is 10.9. The number of nitrogens with zero attached hydrogens (tertiary/aromatic N) is 2. The van der Waals surface area contributed by atoms with Gasteiger partial charge < -0.3 is 29.9 Å². The average Bonchev–Trinajstić information content (AvgIpc) is 2.88. The van der Waals surface area contributed by atoms with Gasteiger partial charge in [-0.3, -0.25) is 9.97 Å². The molecule has 5 atom stereocenters. The van der Waals surface area contributed by atoms with Crippen LogP contribution in [-0.4, -0.2) is 67.7 Å². The van der Waals surface area contributed by atoms with E-state index in [0.29, 0.717) is 11.1 Å². The first-order chi connectivity index (χ1) is 16.5. The van der Waals surface area contributed by atoms with Crippen molar-refractivity contribution in [1.29, 1.82) is 0 Å². The Morgan fingerprint density at radius 1 is 0.706 bits per heavy atom. The summed E-state index contributed by atoms with van der Waals surface area (Å²) in [6.07, 6.45) is -0.360. The van der Waals surface area contributed by atoms with Gasteiger partial charge in [0, 0.05) is 47.0 Å². The quantitative estimate of drug-likeness (QED) is 0.417. The van der Waals surface area contributed by atoms with E-state index in [1.807, 2.05) is 0 Å². The topological polar surface area (TPSA) is 125 Å². The maximum Gasteiger partial charge on any atom is 0.229 e. The van der Waals surface area contributed by atoms with E-state index in [2.05, 4.69) is 33.6 Å². The molecule has 4 rings (SSSR count). The molecule has 8 nitrogen and oxygen atoms in total. The van der Waals surface area contributed by atoms with Crippen LogP contribution in [-0.2, 0) is 4.74 Å². The van der Waals surface area contributed by atoms with Crippen LogP contribution in [0.4, 0.5) is 0 Å². The van der Waals surface area contributed by atoms with Crippen LogP contribution in [0, 0.1) is 23.7 Å². The number of benzene rings is 1. The molecule has 4 N–H and O–H groups in total. The molecule has 0 radical (unpaired) electrons. The smallest absolute Gasteiger partial charge is 0.229 e.